The fraction of sp³-hybridized carbons (Fsp3) is 0.111. The van der Waals surface area contributed by atoms with Crippen molar-refractivity contribution in [2.45, 2.75) is 6.61 Å². The van der Waals surface area contributed by atoms with Crippen molar-refractivity contribution < 1.29 is 13.5 Å². The second-order valence-corrected chi connectivity index (χ2v) is 3.79. The average molecular weight is 278 g/mol. The van der Waals surface area contributed by atoms with Gasteiger partial charge >= 0.3 is 6.61 Å². The van der Waals surface area contributed by atoms with Crippen LogP contribution in [0.2, 0.25) is 5.15 Å². The highest BCUT2D eigenvalue weighted by Crippen LogP contribution is 2.30. The molecule has 1 N–H and O–H groups in total. The third kappa shape index (κ3) is 3.01. The van der Waals surface area contributed by atoms with Crippen LogP contribution >= 0.6 is 23.3 Å². The molecule has 90 valence electrons. The van der Waals surface area contributed by atoms with Gasteiger partial charge < -0.3 is 10.1 Å². The predicted octanol–water partition coefficient (Wildman–Crippen LogP) is 3.54. The van der Waals surface area contributed by atoms with E-state index in [2.05, 4.69) is 18.8 Å². The SMILES string of the molecule is FC(F)Oc1ccccc1Nc1nsnc1Cl. The van der Waals surface area contributed by atoms with Crippen LogP contribution in [0.4, 0.5) is 20.3 Å². The molecule has 0 aliphatic heterocycles. The first-order valence-corrected chi connectivity index (χ1v) is 5.56. The van der Waals surface area contributed by atoms with E-state index in [9.17, 15) is 8.78 Å². The molecule has 2 aromatic rings. The van der Waals surface area contributed by atoms with Crippen molar-refractivity contribution in [2.75, 3.05) is 5.32 Å². The molecule has 0 amide bonds. The summed E-state index contributed by atoms with van der Waals surface area (Å²) < 4.78 is 36.3. The zero-order valence-corrected chi connectivity index (χ0v) is 9.80. The van der Waals surface area contributed by atoms with Crippen molar-refractivity contribution in [3.05, 3.63) is 29.4 Å². The molecule has 0 saturated carbocycles. The van der Waals surface area contributed by atoms with Gasteiger partial charge in [-0.25, -0.2) is 0 Å². The number of alkyl halides is 2. The summed E-state index contributed by atoms with van der Waals surface area (Å²) in [6.07, 6.45) is 0. The number of para-hydroxylation sites is 2. The zero-order chi connectivity index (χ0) is 12.3. The maximum Gasteiger partial charge on any atom is 0.387 e. The lowest BCUT2D eigenvalue weighted by Crippen LogP contribution is -2.04. The molecule has 2 rings (SSSR count). The monoisotopic (exact) mass is 277 g/mol. The van der Waals surface area contributed by atoms with Crippen LogP contribution in [0.3, 0.4) is 0 Å². The molecule has 1 aromatic carbocycles. The van der Waals surface area contributed by atoms with Gasteiger partial charge in [0.25, 0.3) is 0 Å². The van der Waals surface area contributed by atoms with Crippen LogP contribution in [0.25, 0.3) is 0 Å². The molecule has 0 spiro atoms. The maximum absolute atomic E-state index is 12.2. The highest BCUT2D eigenvalue weighted by molar-refractivity contribution is 6.99. The molecule has 0 aliphatic rings. The molecule has 17 heavy (non-hydrogen) atoms. The van der Waals surface area contributed by atoms with E-state index in [-0.39, 0.29) is 10.9 Å². The van der Waals surface area contributed by atoms with Crippen molar-refractivity contribution in [1.82, 2.24) is 8.75 Å². The number of ether oxygens (including phenoxy) is 1. The normalized spacial score (nSPS) is 10.6. The number of benzene rings is 1. The second kappa shape index (κ2) is 5.24. The number of halogens is 3. The molecule has 0 atom stereocenters. The minimum atomic E-state index is -2.89. The van der Waals surface area contributed by atoms with Gasteiger partial charge in [-0.3, -0.25) is 0 Å². The minimum Gasteiger partial charge on any atom is -0.433 e. The van der Waals surface area contributed by atoms with E-state index in [0.29, 0.717) is 11.5 Å². The number of aromatic nitrogens is 2. The molecule has 8 heteroatoms. The summed E-state index contributed by atoms with van der Waals surface area (Å²) in [5, 5.41) is 2.95. The van der Waals surface area contributed by atoms with E-state index in [0.717, 1.165) is 11.7 Å². The number of rotatable bonds is 4. The lowest BCUT2D eigenvalue weighted by molar-refractivity contribution is -0.0493. The number of nitrogens with zero attached hydrogens (tertiary/aromatic N) is 2. The molecular weight excluding hydrogens is 272 g/mol. The van der Waals surface area contributed by atoms with Crippen LogP contribution < -0.4 is 10.1 Å². The van der Waals surface area contributed by atoms with Crippen LogP contribution in [0.15, 0.2) is 24.3 Å². The minimum absolute atomic E-state index is 0.0200. The molecule has 0 radical (unpaired) electrons. The highest BCUT2D eigenvalue weighted by atomic mass is 35.5. The van der Waals surface area contributed by atoms with E-state index < -0.39 is 6.61 Å². The first-order chi connectivity index (χ1) is 8.16. The molecule has 0 aliphatic carbocycles. The smallest absolute Gasteiger partial charge is 0.387 e. The average Bonchev–Trinajstić information content (AvgIpc) is 2.67. The van der Waals surface area contributed by atoms with Crippen LogP contribution in [-0.2, 0) is 0 Å². The van der Waals surface area contributed by atoms with Gasteiger partial charge in [0, 0.05) is 0 Å². The van der Waals surface area contributed by atoms with Crippen molar-refractivity contribution >= 4 is 34.8 Å². The number of hydrogen-bond acceptors (Lipinski definition) is 5. The van der Waals surface area contributed by atoms with Crippen molar-refractivity contribution in [3.63, 3.8) is 0 Å². The predicted molar refractivity (Wildman–Crippen MR) is 61.3 cm³/mol. The fourth-order valence-electron chi connectivity index (χ4n) is 1.15. The Balaban J connectivity index is 2.23. The van der Waals surface area contributed by atoms with Crippen molar-refractivity contribution in [2.24, 2.45) is 0 Å². The molecule has 0 bridgehead atoms. The standard InChI is InChI=1S/C9H6ClF2N3OS/c10-7-8(15-17-14-7)13-5-3-1-2-4-6(5)16-9(11)12/h1-4,9H,(H,13,15). The zero-order valence-electron chi connectivity index (χ0n) is 8.23. The molecule has 0 saturated heterocycles. The van der Waals surface area contributed by atoms with E-state index in [1.807, 2.05) is 0 Å². The second-order valence-electron chi connectivity index (χ2n) is 2.90. The summed E-state index contributed by atoms with van der Waals surface area (Å²) >= 11 is 6.65. The summed E-state index contributed by atoms with van der Waals surface area (Å²) in [6, 6.07) is 6.26. The Hall–Kier alpha value is -1.47. The largest absolute Gasteiger partial charge is 0.433 e. The number of anilines is 2. The van der Waals surface area contributed by atoms with Crippen LogP contribution in [0.5, 0.6) is 5.75 Å². The van der Waals surface area contributed by atoms with Crippen molar-refractivity contribution in [1.29, 1.82) is 0 Å². The topological polar surface area (TPSA) is 47.0 Å². The summed E-state index contributed by atoms with van der Waals surface area (Å²) in [5.41, 5.74) is 0.349. The van der Waals surface area contributed by atoms with E-state index in [1.165, 1.54) is 6.07 Å². The molecule has 0 fully saturated rings. The summed E-state index contributed by atoms with van der Waals surface area (Å²) in [6.45, 7) is -2.89. The third-order valence-corrected chi connectivity index (χ3v) is 2.70. The van der Waals surface area contributed by atoms with Gasteiger partial charge in [-0.05, 0) is 12.1 Å². The van der Waals surface area contributed by atoms with Crippen LogP contribution in [0.1, 0.15) is 0 Å². The Labute approximate surface area is 105 Å². The summed E-state index contributed by atoms with van der Waals surface area (Å²) in [5.74, 6) is 0.327. The molecule has 0 unspecified atom stereocenters. The van der Waals surface area contributed by atoms with E-state index >= 15 is 0 Å². The number of nitrogens with one attached hydrogen (secondary N) is 1. The summed E-state index contributed by atoms with van der Waals surface area (Å²) in [7, 11) is 0. The van der Waals surface area contributed by atoms with Gasteiger partial charge in [0.1, 0.15) is 5.75 Å². The summed E-state index contributed by atoms with van der Waals surface area (Å²) in [4.78, 5) is 0. The van der Waals surface area contributed by atoms with Gasteiger partial charge in [-0.2, -0.15) is 17.5 Å². The Bertz CT molecular complexity index is 508. The number of hydrogen-bond donors (Lipinski definition) is 1. The molecular formula is C9H6ClF2N3OS. The lowest BCUT2D eigenvalue weighted by Gasteiger charge is -2.10. The van der Waals surface area contributed by atoms with E-state index in [4.69, 9.17) is 11.6 Å². The van der Waals surface area contributed by atoms with Gasteiger partial charge in [-0.15, -0.1) is 0 Å². The van der Waals surface area contributed by atoms with Gasteiger partial charge in [0.05, 0.1) is 17.4 Å². The highest BCUT2D eigenvalue weighted by Gasteiger charge is 2.11. The Morgan fingerprint density at radius 2 is 2.06 bits per heavy atom. The van der Waals surface area contributed by atoms with Gasteiger partial charge in [0.2, 0.25) is 0 Å². The van der Waals surface area contributed by atoms with Crippen LogP contribution in [-0.4, -0.2) is 15.4 Å². The lowest BCUT2D eigenvalue weighted by atomic mass is 10.3. The van der Waals surface area contributed by atoms with Crippen molar-refractivity contribution in [3.8, 4) is 5.75 Å². The molecule has 1 aromatic heterocycles. The Morgan fingerprint density at radius 1 is 1.29 bits per heavy atom. The van der Waals surface area contributed by atoms with Gasteiger partial charge in [0.15, 0.2) is 11.0 Å². The molecule has 1 heterocycles. The quantitative estimate of drug-likeness (QED) is 0.928. The first-order valence-electron chi connectivity index (χ1n) is 4.45. The Morgan fingerprint density at radius 3 is 2.71 bits per heavy atom. The van der Waals surface area contributed by atoms with Gasteiger partial charge in [-0.1, -0.05) is 23.7 Å². The maximum atomic E-state index is 12.2. The van der Waals surface area contributed by atoms with Crippen LogP contribution in [0, 0.1) is 0 Å². The van der Waals surface area contributed by atoms with E-state index in [1.54, 1.807) is 18.2 Å². The first kappa shape index (κ1) is 12.0. The third-order valence-electron chi connectivity index (χ3n) is 1.80. The Kier molecular flexibility index (Phi) is 3.70. The fourth-order valence-corrected chi connectivity index (χ4v) is 1.79. The molecule has 4 nitrogen and oxygen atoms in total.